The van der Waals surface area contributed by atoms with Gasteiger partial charge >= 0.3 is 5.97 Å². The van der Waals surface area contributed by atoms with E-state index >= 15 is 0 Å². The van der Waals surface area contributed by atoms with Crippen molar-refractivity contribution in [2.75, 3.05) is 44.6 Å². The molecule has 1 aromatic heterocycles. The van der Waals surface area contributed by atoms with Gasteiger partial charge in [0.15, 0.2) is 0 Å². The van der Waals surface area contributed by atoms with Crippen LogP contribution in [0.15, 0.2) is 28.7 Å². The second-order valence-corrected chi connectivity index (χ2v) is 9.24. The van der Waals surface area contributed by atoms with Gasteiger partial charge in [0.05, 0.1) is 24.7 Å². The van der Waals surface area contributed by atoms with Crippen molar-refractivity contribution < 1.29 is 18.7 Å². The van der Waals surface area contributed by atoms with E-state index in [0.29, 0.717) is 37.9 Å². The van der Waals surface area contributed by atoms with E-state index in [1.165, 1.54) is 11.8 Å². The Hall–Kier alpha value is -2.43. The lowest BCUT2D eigenvalue weighted by Gasteiger charge is -2.20. The number of carbonyl (C=O) groups is 1. The van der Waals surface area contributed by atoms with Crippen LogP contribution in [0.25, 0.3) is 11.5 Å². The van der Waals surface area contributed by atoms with Crippen molar-refractivity contribution in [3.8, 4) is 23.3 Å². The fourth-order valence-electron chi connectivity index (χ4n) is 2.66. The summed E-state index contributed by atoms with van der Waals surface area (Å²) in [5.74, 6) is 7.78. The average molecular weight is 445 g/mol. The zero-order chi connectivity index (χ0) is 22.9. The van der Waals surface area contributed by atoms with Crippen LogP contribution in [0.4, 0.5) is 5.69 Å². The predicted molar refractivity (Wildman–Crippen MR) is 126 cm³/mol. The van der Waals surface area contributed by atoms with Crippen molar-refractivity contribution >= 4 is 23.4 Å². The number of hydrogen-bond donors (Lipinski definition) is 0. The van der Waals surface area contributed by atoms with E-state index < -0.39 is 4.75 Å². The fourth-order valence-corrected chi connectivity index (χ4v) is 3.37. The summed E-state index contributed by atoms with van der Waals surface area (Å²) >= 11 is 1.46. The van der Waals surface area contributed by atoms with Gasteiger partial charge in [-0.3, -0.25) is 4.79 Å². The topological polar surface area (TPSA) is 64.8 Å². The maximum absolute atomic E-state index is 11.8. The summed E-state index contributed by atoms with van der Waals surface area (Å²) in [4.78, 5) is 18.5. The molecule has 1 aromatic carbocycles. The molecule has 31 heavy (non-hydrogen) atoms. The van der Waals surface area contributed by atoms with E-state index in [4.69, 9.17) is 13.9 Å². The third-order valence-corrected chi connectivity index (χ3v) is 5.75. The van der Waals surface area contributed by atoms with Crippen LogP contribution in [0, 0.1) is 18.8 Å². The molecule has 2 rings (SSSR count). The highest BCUT2D eigenvalue weighted by atomic mass is 32.2. The first-order valence-electron chi connectivity index (χ1n) is 10.3. The number of esters is 1. The van der Waals surface area contributed by atoms with Crippen molar-refractivity contribution in [1.29, 1.82) is 0 Å². The smallest absolute Gasteiger partial charge is 0.321 e. The van der Waals surface area contributed by atoms with Crippen LogP contribution in [0.1, 0.15) is 32.2 Å². The number of aromatic nitrogens is 1. The Morgan fingerprint density at radius 1 is 1.23 bits per heavy atom. The van der Waals surface area contributed by atoms with Gasteiger partial charge in [0.25, 0.3) is 0 Å². The number of benzene rings is 1. The first-order valence-corrected chi connectivity index (χ1v) is 11.3. The number of aryl methyl sites for hydroxylation is 1. The van der Waals surface area contributed by atoms with Crippen molar-refractivity contribution in [3.05, 3.63) is 35.7 Å². The van der Waals surface area contributed by atoms with E-state index in [-0.39, 0.29) is 5.97 Å². The molecule has 0 bridgehead atoms. The third-order valence-electron chi connectivity index (χ3n) is 4.58. The number of anilines is 1. The third kappa shape index (κ3) is 7.64. The van der Waals surface area contributed by atoms with Gasteiger partial charge in [0.2, 0.25) is 5.89 Å². The van der Waals surface area contributed by atoms with Crippen LogP contribution >= 0.6 is 11.8 Å². The van der Waals surface area contributed by atoms with E-state index in [0.717, 1.165) is 22.7 Å². The molecule has 0 aliphatic carbocycles. The van der Waals surface area contributed by atoms with E-state index in [2.05, 4.69) is 21.7 Å². The fraction of sp³-hybridized carbons (Fsp3) is 0.500. The molecule has 0 saturated heterocycles. The Balaban J connectivity index is 1.75. The minimum Gasteiger partial charge on any atom is -0.465 e. The minimum atomic E-state index is -0.597. The van der Waals surface area contributed by atoms with E-state index in [1.807, 2.05) is 59.1 Å². The molecule has 168 valence electrons. The highest BCUT2D eigenvalue weighted by molar-refractivity contribution is 8.01. The second kappa shape index (κ2) is 11.8. The second-order valence-electron chi connectivity index (χ2n) is 7.64. The van der Waals surface area contributed by atoms with Gasteiger partial charge in [-0.15, -0.1) is 11.8 Å². The van der Waals surface area contributed by atoms with Gasteiger partial charge in [0.1, 0.15) is 17.1 Å². The average Bonchev–Trinajstić information content (AvgIpc) is 3.10. The van der Waals surface area contributed by atoms with Crippen molar-refractivity contribution in [1.82, 2.24) is 4.98 Å². The molecular formula is C24H32N2O4S. The molecule has 1 heterocycles. The molecule has 2 aromatic rings. The van der Waals surface area contributed by atoms with E-state index in [9.17, 15) is 4.79 Å². The summed E-state index contributed by atoms with van der Waals surface area (Å²) in [6.07, 6.45) is 0.664. The molecular weight excluding hydrogens is 412 g/mol. The SMILES string of the molecule is CCOC(=O)C(C)(C)SCC#CCOCCc1nc(-c2ccc(N(C)C)cc2)oc1C. The summed E-state index contributed by atoms with van der Waals surface area (Å²) in [6, 6.07) is 8.11. The molecule has 0 amide bonds. The lowest BCUT2D eigenvalue weighted by Crippen LogP contribution is -2.30. The zero-order valence-electron chi connectivity index (χ0n) is 19.3. The molecule has 0 aliphatic heterocycles. The summed E-state index contributed by atoms with van der Waals surface area (Å²) in [6.45, 7) is 8.66. The summed E-state index contributed by atoms with van der Waals surface area (Å²) < 4.78 is 15.9. The highest BCUT2D eigenvalue weighted by Gasteiger charge is 2.29. The molecule has 0 unspecified atom stereocenters. The maximum Gasteiger partial charge on any atom is 0.321 e. The van der Waals surface area contributed by atoms with Crippen LogP contribution in [0.5, 0.6) is 0 Å². The standard InChI is InChI=1S/C24H32N2O4S/c1-7-29-23(27)24(3,4)31-17-9-8-15-28-16-14-21-18(2)30-22(25-21)19-10-12-20(13-11-19)26(5)6/h10-13H,7,14-17H2,1-6H3. The maximum atomic E-state index is 11.8. The van der Waals surface area contributed by atoms with Crippen LogP contribution in [-0.2, 0) is 20.7 Å². The largest absolute Gasteiger partial charge is 0.465 e. The monoisotopic (exact) mass is 444 g/mol. The number of hydrogen-bond acceptors (Lipinski definition) is 7. The van der Waals surface area contributed by atoms with Crippen LogP contribution in [-0.4, -0.2) is 55.4 Å². The van der Waals surface area contributed by atoms with Gasteiger partial charge in [-0.05, 0) is 52.0 Å². The number of nitrogens with zero attached hydrogens (tertiary/aromatic N) is 2. The van der Waals surface area contributed by atoms with Gasteiger partial charge in [0, 0.05) is 31.8 Å². The molecule has 0 aliphatic rings. The Bertz CT molecular complexity index is 908. The predicted octanol–water partition coefficient (Wildman–Crippen LogP) is 4.35. The molecule has 7 heteroatoms. The number of ether oxygens (including phenoxy) is 2. The minimum absolute atomic E-state index is 0.214. The number of rotatable bonds is 10. The van der Waals surface area contributed by atoms with Gasteiger partial charge < -0.3 is 18.8 Å². The summed E-state index contributed by atoms with van der Waals surface area (Å²) in [7, 11) is 4.02. The number of thioether (sulfide) groups is 1. The van der Waals surface area contributed by atoms with Crippen molar-refractivity contribution in [2.24, 2.45) is 0 Å². The first-order chi connectivity index (χ1) is 14.7. The summed E-state index contributed by atoms with van der Waals surface area (Å²) in [5, 5.41) is 0. The summed E-state index contributed by atoms with van der Waals surface area (Å²) in [5.41, 5.74) is 2.98. The van der Waals surface area contributed by atoms with Crippen molar-refractivity contribution in [2.45, 2.75) is 38.9 Å². The first kappa shape index (κ1) is 24.8. The van der Waals surface area contributed by atoms with Crippen LogP contribution < -0.4 is 4.90 Å². The van der Waals surface area contributed by atoms with Crippen LogP contribution in [0.3, 0.4) is 0 Å². The molecule has 0 saturated carbocycles. The lowest BCUT2D eigenvalue weighted by atomic mass is 10.2. The van der Waals surface area contributed by atoms with Gasteiger partial charge in [-0.2, -0.15) is 0 Å². The molecule has 0 spiro atoms. The normalized spacial score (nSPS) is 11.0. The highest BCUT2D eigenvalue weighted by Crippen LogP contribution is 2.25. The molecule has 6 nitrogen and oxygen atoms in total. The van der Waals surface area contributed by atoms with Gasteiger partial charge in [-0.1, -0.05) is 11.8 Å². The molecule has 0 N–H and O–H groups in total. The molecule has 0 radical (unpaired) electrons. The van der Waals surface area contributed by atoms with Crippen molar-refractivity contribution in [3.63, 3.8) is 0 Å². The van der Waals surface area contributed by atoms with E-state index in [1.54, 1.807) is 6.92 Å². The zero-order valence-corrected chi connectivity index (χ0v) is 20.1. The number of oxazole rings is 1. The Labute approximate surface area is 189 Å². The quantitative estimate of drug-likeness (QED) is 0.307. The molecule has 0 atom stereocenters. The molecule has 0 fully saturated rings. The lowest BCUT2D eigenvalue weighted by molar-refractivity contribution is -0.145. The van der Waals surface area contributed by atoms with Crippen LogP contribution in [0.2, 0.25) is 0 Å². The Morgan fingerprint density at radius 3 is 2.58 bits per heavy atom. The van der Waals surface area contributed by atoms with Gasteiger partial charge in [-0.25, -0.2) is 4.98 Å². The Morgan fingerprint density at radius 2 is 1.94 bits per heavy atom. The number of carbonyl (C=O) groups excluding carboxylic acids is 1. The Kier molecular flexibility index (Phi) is 9.47.